The monoisotopic (exact) mass is 574 g/mol. The molecule has 12 heteroatoms. The second kappa shape index (κ2) is 13.0. The summed E-state index contributed by atoms with van der Waals surface area (Å²) < 4.78 is 40.6. The minimum atomic E-state index is -0.651. The quantitative estimate of drug-likeness (QED) is 0.225. The van der Waals surface area contributed by atoms with E-state index in [-0.39, 0.29) is 50.8 Å². The van der Waals surface area contributed by atoms with E-state index in [1.165, 1.54) is 27.7 Å². The molecular formula is C30H28F2N6O4. The highest BCUT2D eigenvalue weighted by atomic mass is 19.1. The lowest BCUT2D eigenvalue weighted by atomic mass is 10.0. The van der Waals surface area contributed by atoms with Crippen LogP contribution in [0.1, 0.15) is 27.2 Å². The van der Waals surface area contributed by atoms with Crippen LogP contribution in [0.4, 0.5) is 19.4 Å². The van der Waals surface area contributed by atoms with Crippen LogP contribution in [0.25, 0.3) is 10.9 Å². The highest BCUT2D eigenvalue weighted by Crippen LogP contribution is 2.25. The molecule has 1 amide bonds. The molecule has 216 valence electrons. The number of benzene rings is 3. The molecule has 5 aromatic rings. The molecule has 2 aromatic heterocycles. The molecule has 0 spiro atoms. The average molecular weight is 575 g/mol. The third-order valence-electron chi connectivity index (χ3n) is 6.41. The molecule has 0 bridgehead atoms. The molecule has 0 aliphatic rings. The lowest BCUT2D eigenvalue weighted by Gasteiger charge is -2.09. The first-order valence-electron chi connectivity index (χ1n) is 13.2. The van der Waals surface area contributed by atoms with Crippen LogP contribution in [0.3, 0.4) is 0 Å². The van der Waals surface area contributed by atoms with E-state index in [0.29, 0.717) is 16.5 Å². The van der Waals surface area contributed by atoms with Gasteiger partial charge in [0.1, 0.15) is 23.9 Å². The Morgan fingerprint density at radius 2 is 1.69 bits per heavy atom. The van der Waals surface area contributed by atoms with Gasteiger partial charge in [0.05, 0.1) is 25.3 Å². The molecule has 0 aliphatic heterocycles. The van der Waals surface area contributed by atoms with Crippen LogP contribution in [-0.2, 0) is 29.0 Å². The van der Waals surface area contributed by atoms with Crippen LogP contribution in [0.2, 0.25) is 0 Å². The van der Waals surface area contributed by atoms with Gasteiger partial charge in [0.2, 0.25) is 0 Å². The fraction of sp³-hybridized carbons (Fsp3) is 0.200. The molecule has 5 rings (SSSR count). The van der Waals surface area contributed by atoms with E-state index in [0.717, 1.165) is 17.2 Å². The van der Waals surface area contributed by atoms with Gasteiger partial charge in [0.25, 0.3) is 5.91 Å². The fourth-order valence-corrected chi connectivity index (χ4v) is 4.46. The van der Waals surface area contributed by atoms with Crippen LogP contribution in [-0.4, -0.2) is 51.3 Å². The van der Waals surface area contributed by atoms with E-state index in [9.17, 15) is 18.4 Å². The number of rotatable bonds is 11. The Hall–Kier alpha value is -5.10. The molecule has 3 aromatic carbocycles. The molecule has 42 heavy (non-hydrogen) atoms. The van der Waals surface area contributed by atoms with Crippen molar-refractivity contribution in [3.8, 4) is 0 Å². The van der Waals surface area contributed by atoms with Crippen molar-refractivity contribution in [3.63, 3.8) is 0 Å². The zero-order chi connectivity index (χ0) is 29.5. The number of halogens is 2. The maximum Gasteiger partial charge on any atom is 0.407 e. The van der Waals surface area contributed by atoms with Crippen LogP contribution in [0.5, 0.6) is 0 Å². The standard InChI is InChI=1S/C30H28F2N6O4/c31-23-15-22(16-24(32)18-23)14-21-6-7-26-25(17-21)28(33)36-38(26)29(39)27-8-9-35-37(27)11-13-41-12-10-34-30(40)42-19-20-4-2-1-3-5-20/h1-9,15-18H,10-14,19H2,(H2,33,36)(H,34,40). The Morgan fingerprint density at radius 1 is 0.905 bits per heavy atom. The number of amides is 1. The van der Waals surface area contributed by atoms with E-state index < -0.39 is 23.6 Å². The molecular weight excluding hydrogens is 546 g/mol. The molecule has 0 radical (unpaired) electrons. The summed E-state index contributed by atoms with van der Waals surface area (Å²) in [6.45, 7) is 1.21. The van der Waals surface area contributed by atoms with Gasteiger partial charge in [-0.1, -0.05) is 36.4 Å². The summed E-state index contributed by atoms with van der Waals surface area (Å²) >= 11 is 0. The predicted molar refractivity (Wildman–Crippen MR) is 151 cm³/mol. The Morgan fingerprint density at radius 3 is 2.48 bits per heavy atom. The first-order chi connectivity index (χ1) is 20.4. The van der Waals surface area contributed by atoms with Crippen molar-refractivity contribution in [1.29, 1.82) is 0 Å². The van der Waals surface area contributed by atoms with E-state index in [4.69, 9.17) is 15.2 Å². The predicted octanol–water partition coefficient (Wildman–Crippen LogP) is 4.32. The van der Waals surface area contributed by atoms with Gasteiger partial charge in [-0.15, -0.1) is 5.10 Å². The number of hydrogen-bond donors (Lipinski definition) is 2. The van der Waals surface area contributed by atoms with E-state index >= 15 is 0 Å². The van der Waals surface area contributed by atoms with E-state index in [2.05, 4.69) is 15.5 Å². The van der Waals surface area contributed by atoms with Crippen molar-refractivity contribution < 1.29 is 27.8 Å². The minimum absolute atomic E-state index is 0.148. The van der Waals surface area contributed by atoms with Crippen LogP contribution in [0.15, 0.2) is 79.0 Å². The summed E-state index contributed by atoms with van der Waals surface area (Å²) in [5, 5.41) is 11.6. The number of hydrogen-bond acceptors (Lipinski definition) is 7. The summed E-state index contributed by atoms with van der Waals surface area (Å²) in [6, 6.07) is 19.5. The summed E-state index contributed by atoms with van der Waals surface area (Å²) in [7, 11) is 0. The molecule has 3 N–H and O–H groups in total. The number of nitrogens with zero attached hydrogens (tertiary/aromatic N) is 4. The topological polar surface area (TPSA) is 126 Å². The van der Waals surface area contributed by atoms with Gasteiger partial charge < -0.3 is 20.5 Å². The van der Waals surface area contributed by atoms with Gasteiger partial charge in [-0.25, -0.2) is 13.6 Å². The van der Waals surface area contributed by atoms with Crippen molar-refractivity contribution in [2.45, 2.75) is 19.6 Å². The number of alkyl carbamates (subject to hydrolysis) is 1. The third-order valence-corrected chi connectivity index (χ3v) is 6.41. The summed E-state index contributed by atoms with van der Waals surface area (Å²) in [5.74, 6) is -1.59. The van der Waals surface area contributed by atoms with E-state index in [1.54, 1.807) is 24.3 Å². The number of anilines is 1. The van der Waals surface area contributed by atoms with Gasteiger partial charge in [-0.2, -0.15) is 9.78 Å². The van der Waals surface area contributed by atoms with Crippen LogP contribution >= 0.6 is 0 Å². The summed E-state index contributed by atoms with van der Waals surface area (Å²) in [5.41, 5.74) is 9.02. The highest BCUT2D eigenvalue weighted by molar-refractivity contribution is 6.02. The highest BCUT2D eigenvalue weighted by Gasteiger charge is 2.20. The first kappa shape index (κ1) is 28.4. The van der Waals surface area contributed by atoms with E-state index in [1.807, 2.05) is 30.3 Å². The van der Waals surface area contributed by atoms with Gasteiger partial charge in [0, 0.05) is 24.2 Å². The number of fused-ring (bicyclic) bond motifs is 1. The fourth-order valence-electron chi connectivity index (χ4n) is 4.46. The normalized spacial score (nSPS) is 11.1. The molecule has 0 fully saturated rings. The number of ether oxygens (including phenoxy) is 2. The maximum atomic E-state index is 13.6. The number of aromatic nitrogens is 4. The Kier molecular flexibility index (Phi) is 8.83. The number of nitrogen functional groups attached to an aromatic ring is 1. The maximum absolute atomic E-state index is 13.6. The Labute approximate surface area is 239 Å². The largest absolute Gasteiger partial charge is 0.445 e. The Balaban J connectivity index is 1.14. The second-order valence-electron chi connectivity index (χ2n) is 9.45. The molecule has 0 aliphatic carbocycles. The smallest absolute Gasteiger partial charge is 0.407 e. The van der Waals surface area contributed by atoms with Crippen molar-refractivity contribution in [3.05, 3.63) is 113 Å². The lowest BCUT2D eigenvalue weighted by Crippen LogP contribution is -2.28. The van der Waals surface area contributed by atoms with Crippen LogP contribution in [0, 0.1) is 11.6 Å². The molecule has 0 unspecified atom stereocenters. The van der Waals surface area contributed by atoms with Crippen molar-refractivity contribution in [1.82, 2.24) is 24.9 Å². The lowest BCUT2D eigenvalue weighted by molar-refractivity contribution is 0.0927. The van der Waals surface area contributed by atoms with Gasteiger partial charge in [0.15, 0.2) is 5.82 Å². The SMILES string of the molecule is Nc1nn(C(=O)c2ccnn2CCOCCNC(=O)OCc2ccccc2)c2ccc(Cc3cc(F)cc(F)c3)cc12. The first-order valence-corrected chi connectivity index (χ1v) is 13.2. The van der Waals surface area contributed by atoms with Crippen molar-refractivity contribution >= 4 is 28.7 Å². The molecule has 0 saturated heterocycles. The number of carbonyl (C=O) groups is 2. The summed E-state index contributed by atoms with van der Waals surface area (Å²) in [4.78, 5) is 25.2. The van der Waals surface area contributed by atoms with Crippen LogP contribution < -0.4 is 11.1 Å². The van der Waals surface area contributed by atoms with Gasteiger partial charge in [-0.3, -0.25) is 9.48 Å². The van der Waals surface area contributed by atoms with Gasteiger partial charge in [-0.05, 0) is 53.4 Å². The zero-order valence-corrected chi connectivity index (χ0v) is 22.5. The number of nitrogens with two attached hydrogens (primary N) is 1. The summed E-state index contributed by atoms with van der Waals surface area (Å²) in [6.07, 6.45) is 1.24. The van der Waals surface area contributed by atoms with Crippen molar-refractivity contribution in [2.75, 3.05) is 25.5 Å². The zero-order valence-electron chi connectivity index (χ0n) is 22.5. The molecule has 2 heterocycles. The minimum Gasteiger partial charge on any atom is -0.445 e. The molecule has 0 saturated carbocycles. The molecule has 10 nitrogen and oxygen atoms in total. The second-order valence-corrected chi connectivity index (χ2v) is 9.45. The average Bonchev–Trinajstić information content (AvgIpc) is 3.57. The molecule has 0 atom stereocenters. The third kappa shape index (κ3) is 6.96. The number of nitrogens with one attached hydrogen (secondary N) is 1. The Bertz CT molecular complexity index is 1680. The van der Waals surface area contributed by atoms with Gasteiger partial charge >= 0.3 is 6.09 Å². The van der Waals surface area contributed by atoms with Crippen molar-refractivity contribution in [2.24, 2.45) is 0 Å². The number of carbonyl (C=O) groups excluding carboxylic acids is 2.